The van der Waals surface area contributed by atoms with E-state index >= 15 is 0 Å². The normalized spacial score (nSPS) is 10.0. The number of para-hydroxylation sites is 1. The van der Waals surface area contributed by atoms with Crippen LogP contribution in [0.3, 0.4) is 0 Å². The number of methoxy groups -OCH3 is 2. The summed E-state index contributed by atoms with van der Waals surface area (Å²) in [6.07, 6.45) is 0. The Labute approximate surface area is 168 Å². The van der Waals surface area contributed by atoms with E-state index in [9.17, 15) is 9.59 Å². The summed E-state index contributed by atoms with van der Waals surface area (Å²) in [5.41, 5.74) is 2.23. The third kappa shape index (κ3) is 5.26. The summed E-state index contributed by atoms with van der Waals surface area (Å²) < 4.78 is 10.4. The maximum absolute atomic E-state index is 12.5. The van der Waals surface area contributed by atoms with E-state index in [0.29, 0.717) is 34.1 Å². The number of benzene rings is 3. The Morgan fingerprint density at radius 1 is 0.724 bits per heavy atom. The molecular weight excluding hydrogens is 370 g/mol. The van der Waals surface area contributed by atoms with Crippen molar-refractivity contribution in [2.24, 2.45) is 0 Å². The lowest BCUT2D eigenvalue weighted by atomic mass is 10.2. The van der Waals surface area contributed by atoms with E-state index in [1.807, 2.05) is 18.2 Å². The zero-order valence-electron chi connectivity index (χ0n) is 16.1. The number of amides is 3. The Balaban J connectivity index is 1.62. The average Bonchev–Trinajstić information content (AvgIpc) is 2.75. The molecule has 0 heterocycles. The van der Waals surface area contributed by atoms with Crippen molar-refractivity contribution in [2.75, 3.05) is 30.2 Å². The van der Waals surface area contributed by atoms with E-state index < -0.39 is 0 Å². The molecule has 7 heteroatoms. The second-order valence-electron chi connectivity index (χ2n) is 6.04. The monoisotopic (exact) mass is 391 g/mol. The number of nitrogens with one attached hydrogen (secondary N) is 3. The largest absolute Gasteiger partial charge is 0.497 e. The molecule has 3 aromatic rings. The number of carbonyl (C=O) groups is 2. The molecule has 0 radical (unpaired) electrons. The Hall–Kier alpha value is -4.00. The van der Waals surface area contributed by atoms with E-state index in [0.717, 1.165) is 0 Å². The first-order chi connectivity index (χ1) is 14.1. The molecule has 0 fully saturated rings. The van der Waals surface area contributed by atoms with Gasteiger partial charge in [-0.25, -0.2) is 4.79 Å². The highest BCUT2D eigenvalue weighted by molar-refractivity contribution is 6.05. The smallest absolute Gasteiger partial charge is 0.323 e. The lowest BCUT2D eigenvalue weighted by molar-refractivity contribution is 0.102. The predicted molar refractivity (Wildman–Crippen MR) is 113 cm³/mol. The zero-order valence-corrected chi connectivity index (χ0v) is 16.1. The van der Waals surface area contributed by atoms with Gasteiger partial charge in [-0.3, -0.25) is 4.79 Å². The van der Waals surface area contributed by atoms with Crippen LogP contribution in [0.15, 0.2) is 72.8 Å². The molecule has 0 aliphatic carbocycles. The summed E-state index contributed by atoms with van der Waals surface area (Å²) in [6, 6.07) is 20.5. The highest BCUT2D eigenvalue weighted by Gasteiger charge is 2.11. The maximum Gasteiger partial charge on any atom is 0.323 e. The molecule has 0 saturated heterocycles. The first kappa shape index (κ1) is 19.8. The van der Waals surface area contributed by atoms with Crippen molar-refractivity contribution >= 4 is 29.0 Å². The molecule has 3 N–H and O–H groups in total. The first-order valence-electron chi connectivity index (χ1n) is 8.85. The fourth-order valence-electron chi connectivity index (χ4n) is 2.62. The highest BCUT2D eigenvalue weighted by atomic mass is 16.5. The van der Waals surface area contributed by atoms with Gasteiger partial charge in [0.25, 0.3) is 5.91 Å². The molecule has 0 aliphatic heterocycles. The van der Waals surface area contributed by atoms with Crippen LogP contribution in [0.4, 0.5) is 21.9 Å². The molecule has 0 aliphatic rings. The first-order valence-corrected chi connectivity index (χ1v) is 8.85. The lowest BCUT2D eigenvalue weighted by Gasteiger charge is -2.12. The Bertz CT molecular complexity index is 989. The summed E-state index contributed by atoms with van der Waals surface area (Å²) in [7, 11) is 3.08. The summed E-state index contributed by atoms with van der Waals surface area (Å²) in [4.78, 5) is 24.6. The molecule has 3 aromatic carbocycles. The second-order valence-corrected chi connectivity index (χ2v) is 6.04. The summed E-state index contributed by atoms with van der Waals surface area (Å²) >= 11 is 0. The molecule has 0 saturated carbocycles. The molecule has 0 spiro atoms. The maximum atomic E-state index is 12.5. The van der Waals surface area contributed by atoms with Gasteiger partial charge in [-0.2, -0.15) is 0 Å². The molecule has 0 atom stereocenters. The zero-order chi connectivity index (χ0) is 20.6. The fourth-order valence-corrected chi connectivity index (χ4v) is 2.62. The van der Waals surface area contributed by atoms with Gasteiger partial charge in [-0.05, 0) is 48.5 Å². The van der Waals surface area contributed by atoms with Crippen LogP contribution in [-0.4, -0.2) is 26.2 Å². The summed E-state index contributed by atoms with van der Waals surface area (Å²) in [6.45, 7) is 0. The molecule has 29 heavy (non-hydrogen) atoms. The second kappa shape index (κ2) is 9.27. The number of hydrogen-bond acceptors (Lipinski definition) is 4. The SMILES string of the molecule is COc1ccc(NC(=O)c2ccc(NC(=O)Nc3ccccc3)cc2)c(OC)c1. The average molecular weight is 391 g/mol. The number of hydrogen-bond donors (Lipinski definition) is 3. The van der Waals surface area contributed by atoms with Crippen LogP contribution in [0.25, 0.3) is 0 Å². The molecule has 0 unspecified atom stereocenters. The Morgan fingerprint density at radius 2 is 1.38 bits per heavy atom. The lowest BCUT2D eigenvalue weighted by Crippen LogP contribution is -2.19. The molecule has 0 bridgehead atoms. The van der Waals surface area contributed by atoms with Crippen LogP contribution in [0, 0.1) is 0 Å². The van der Waals surface area contributed by atoms with Crippen LogP contribution in [0.1, 0.15) is 10.4 Å². The molecule has 7 nitrogen and oxygen atoms in total. The van der Waals surface area contributed by atoms with E-state index in [4.69, 9.17) is 9.47 Å². The molecule has 148 valence electrons. The standard InChI is InChI=1S/C22H21N3O4/c1-28-18-12-13-19(20(14-18)29-2)25-21(26)15-8-10-17(11-9-15)24-22(27)23-16-6-4-3-5-7-16/h3-14H,1-2H3,(H,25,26)(H2,23,24,27). The number of ether oxygens (including phenoxy) is 2. The number of carbonyl (C=O) groups excluding carboxylic acids is 2. The van der Waals surface area contributed by atoms with Crippen molar-refractivity contribution in [1.82, 2.24) is 0 Å². The van der Waals surface area contributed by atoms with E-state index in [1.54, 1.807) is 61.7 Å². The predicted octanol–water partition coefficient (Wildman–Crippen LogP) is 4.60. The van der Waals surface area contributed by atoms with Crippen molar-refractivity contribution in [2.45, 2.75) is 0 Å². The Morgan fingerprint density at radius 3 is 2.00 bits per heavy atom. The van der Waals surface area contributed by atoms with Crippen molar-refractivity contribution in [3.05, 3.63) is 78.4 Å². The molecular formula is C22H21N3O4. The van der Waals surface area contributed by atoms with Crippen LogP contribution in [-0.2, 0) is 0 Å². The van der Waals surface area contributed by atoms with Crippen LogP contribution in [0.2, 0.25) is 0 Å². The van der Waals surface area contributed by atoms with Gasteiger partial charge in [0.1, 0.15) is 11.5 Å². The van der Waals surface area contributed by atoms with Crippen LogP contribution < -0.4 is 25.4 Å². The van der Waals surface area contributed by atoms with Crippen LogP contribution >= 0.6 is 0 Å². The fraction of sp³-hybridized carbons (Fsp3) is 0.0909. The van der Waals surface area contributed by atoms with E-state index in [2.05, 4.69) is 16.0 Å². The van der Waals surface area contributed by atoms with Gasteiger partial charge in [0, 0.05) is 23.0 Å². The van der Waals surface area contributed by atoms with Gasteiger partial charge < -0.3 is 25.4 Å². The highest BCUT2D eigenvalue weighted by Crippen LogP contribution is 2.29. The third-order valence-corrected chi connectivity index (χ3v) is 4.09. The van der Waals surface area contributed by atoms with Gasteiger partial charge in [0.05, 0.1) is 19.9 Å². The third-order valence-electron chi connectivity index (χ3n) is 4.09. The van der Waals surface area contributed by atoms with Gasteiger partial charge in [-0.15, -0.1) is 0 Å². The minimum absolute atomic E-state index is 0.297. The van der Waals surface area contributed by atoms with Crippen molar-refractivity contribution in [1.29, 1.82) is 0 Å². The van der Waals surface area contributed by atoms with Crippen molar-refractivity contribution < 1.29 is 19.1 Å². The summed E-state index contributed by atoms with van der Waals surface area (Å²) in [5, 5.41) is 8.25. The minimum Gasteiger partial charge on any atom is -0.497 e. The molecule has 3 rings (SSSR count). The molecule has 3 amide bonds. The van der Waals surface area contributed by atoms with Crippen molar-refractivity contribution in [3.8, 4) is 11.5 Å². The number of rotatable bonds is 6. The molecule has 0 aromatic heterocycles. The quantitative estimate of drug-likeness (QED) is 0.573. The van der Waals surface area contributed by atoms with Gasteiger partial charge in [0.15, 0.2) is 0 Å². The van der Waals surface area contributed by atoms with E-state index in [1.165, 1.54) is 7.11 Å². The van der Waals surface area contributed by atoms with Gasteiger partial charge in [-0.1, -0.05) is 18.2 Å². The van der Waals surface area contributed by atoms with Gasteiger partial charge >= 0.3 is 6.03 Å². The van der Waals surface area contributed by atoms with E-state index in [-0.39, 0.29) is 11.9 Å². The number of urea groups is 1. The minimum atomic E-state index is -0.364. The Kier molecular flexibility index (Phi) is 6.32. The number of anilines is 3. The van der Waals surface area contributed by atoms with Crippen LogP contribution in [0.5, 0.6) is 11.5 Å². The van der Waals surface area contributed by atoms with Crippen molar-refractivity contribution in [3.63, 3.8) is 0 Å². The summed E-state index contributed by atoms with van der Waals surface area (Å²) in [5.74, 6) is 0.825. The van der Waals surface area contributed by atoms with Gasteiger partial charge in [0.2, 0.25) is 0 Å². The topological polar surface area (TPSA) is 88.7 Å².